The molecule has 2 aliphatic rings. The highest BCUT2D eigenvalue weighted by atomic mass is 14.2. The number of unbranched alkanes of at least 4 members (excludes halogenated alkanes) is 1. The minimum absolute atomic E-state index is 0.829. The summed E-state index contributed by atoms with van der Waals surface area (Å²) in [6.45, 7) is 8.81. The second-order valence-electron chi connectivity index (χ2n) is 8.00. The minimum Gasteiger partial charge on any atom is -0.0996 e. The molecular formula is C23H38. The average Bonchev–Trinajstić information content (AvgIpc) is 2.54. The third-order valence-corrected chi connectivity index (χ3v) is 6.15. The first-order valence-electron chi connectivity index (χ1n) is 10.2. The second kappa shape index (κ2) is 10.2. The molecule has 0 bridgehead atoms. The van der Waals surface area contributed by atoms with Crippen LogP contribution >= 0.6 is 0 Å². The fourth-order valence-electron chi connectivity index (χ4n) is 4.35. The number of hydrogen-bond donors (Lipinski definition) is 0. The monoisotopic (exact) mass is 314 g/mol. The van der Waals surface area contributed by atoms with Crippen LogP contribution in [0, 0.1) is 11.8 Å². The third-order valence-electron chi connectivity index (χ3n) is 6.15. The van der Waals surface area contributed by atoms with Gasteiger partial charge in [0.25, 0.3) is 0 Å². The van der Waals surface area contributed by atoms with Crippen molar-refractivity contribution in [2.45, 2.75) is 97.3 Å². The molecule has 0 unspecified atom stereocenters. The zero-order chi connectivity index (χ0) is 16.5. The van der Waals surface area contributed by atoms with Crippen molar-refractivity contribution < 1.29 is 0 Å². The van der Waals surface area contributed by atoms with Crippen molar-refractivity contribution in [1.29, 1.82) is 0 Å². The molecule has 0 spiro atoms. The molecule has 0 saturated heterocycles. The van der Waals surface area contributed by atoms with Gasteiger partial charge >= 0.3 is 0 Å². The molecule has 0 atom stereocenters. The molecular weight excluding hydrogens is 276 g/mol. The maximum Gasteiger partial charge on any atom is -0.0136 e. The van der Waals surface area contributed by atoms with E-state index in [1.54, 1.807) is 11.1 Å². The average molecular weight is 315 g/mol. The zero-order valence-corrected chi connectivity index (χ0v) is 15.7. The standard InChI is InChI=1S/C23H38/c1-4-20(3)23-13-7-11-21(12-8-14-23)9-5-6-10-22-17-15-19(2)16-18-22/h15,18,21,23H,3-14,16-17H2,1-2H3. The van der Waals surface area contributed by atoms with Crippen molar-refractivity contribution in [3.8, 4) is 0 Å². The summed E-state index contributed by atoms with van der Waals surface area (Å²) in [4.78, 5) is 0. The second-order valence-corrected chi connectivity index (χ2v) is 8.00. The van der Waals surface area contributed by atoms with E-state index < -0.39 is 0 Å². The van der Waals surface area contributed by atoms with Crippen molar-refractivity contribution in [2.75, 3.05) is 0 Å². The number of hydrogen-bond acceptors (Lipinski definition) is 0. The van der Waals surface area contributed by atoms with Gasteiger partial charge in [0.05, 0.1) is 0 Å². The summed E-state index contributed by atoms with van der Waals surface area (Å²) < 4.78 is 0. The van der Waals surface area contributed by atoms with Gasteiger partial charge < -0.3 is 0 Å². The lowest BCUT2D eigenvalue weighted by atomic mass is 9.80. The first kappa shape index (κ1) is 18.6. The third kappa shape index (κ3) is 6.69. The summed E-state index contributed by atoms with van der Waals surface area (Å²) in [5.41, 5.74) is 4.75. The predicted octanol–water partition coefficient (Wildman–Crippen LogP) is 7.77. The van der Waals surface area contributed by atoms with Gasteiger partial charge in [-0.3, -0.25) is 0 Å². The van der Waals surface area contributed by atoms with Gasteiger partial charge in [-0.05, 0) is 63.7 Å². The van der Waals surface area contributed by atoms with E-state index in [-0.39, 0.29) is 0 Å². The van der Waals surface area contributed by atoms with E-state index in [0.29, 0.717) is 0 Å². The minimum atomic E-state index is 0.829. The van der Waals surface area contributed by atoms with Crippen molar-refractivity contribution in [3.63, 3.8) is 0 Å². The van der Waals surface area contributed by atoms with Gasteiger partial charge in [-0.1, -0.05) is 80.9 Å². The van der Waals surface area contributed by atoms with Crippen LogP contribution in [0.25, 0.3) is 0 Å². The Morgan fingerprint density at radius 1 is 1.04 bits per heavy atom. The summed E-state index contributed by atoms with van der Waals surface area (Å²) in [7, 11) is 0. The Labute approximate surface area is 145 Å². The summed E-state index contributed by atoms with van der Waals surface area (Å²) >= 11 is 0. The van der Waals surface area contributed by atoms with Crippen LogP contribution < -0.4 is 0 Å². The van der Waals surface area contributed by atoms with Crippen molar-refractivity contribution in [1.82, 2.24) is 0 Å². The van der Waals surface area contributed by atoms with Crippen molar-refractivity contribution in [2.24, 2.45) is 11.8 Å². The Morgan fingerprint density at radius 2 is 1.78 bits per heavy atom. The van der Waals surface area contributed by atoms with E-state index >= 15 is 0 Å². The van der Waals surface area contributed by atoms with Crippen molar-refractivity contribution >= 4 is 0 Å². The topological polar surface area (TPSA) is 0 Å². The molecule has 0 aliphatic heterocycles. The largest absolute Gasteiger partial charge is 0.0996 e. The van der Waals surface area contributed by atoms with Gasteiger partial charge in [-0.25, -0.2) is 0 Å². The van der Waals surface area contributed by atoms with E-state index in [1.165, 1.54) is 89.0 Å². The quantitative estimate of drug-likeness (QED) is 0.332. The molecule has 1 fully saturated rings. The molecule has 0 heteroatoms. The molecule has 2 rings (SSSR count). The fraction of sp³-hybridized carbons (Fsp3) is 0.739. The highest BCUT2D eigenvalue weighted by Crippen LogP contribution is 2.33. The Morgan fingerprint density at radius 3 is 2.39 bits per heavy atom. The molecule has 0 radical (unpaired) electrons. The SMILES string of the molecule is C=C(CC)C1CCCC(CCCCC2=CCC(C)=CC2)CCC1. The van der Waals surface area contributed by atoms with Gasteiger partial charge in [0, 0.05) is 0 Å². The summed E-state index contributed by atoms with van der Waals surface area (Å²) in [6.07, 6.45) is 22.8. The highest BCUT2D eigenvalue weighted by Gasteiger charge is 2.18. The zero-order valence-electron chi connectivity index (χ0n) is 15.7. The maximum atomic E-state index is 4.29. The Kier molecular flexibility index (Phi) is 8.20. The molecule has 0 heterocycles. The highest BCUT2D eigenvalue weighted by molar-refractivity contribution is 5.20. The lowest BCUT2D eigenvalue weighted by Crippen LogP contribution is -2.11. The lowest BCUT2D eigenvalue weighted by Gasteiger charge is -2.25. The smallest absolute Gasteiger partial charge is 0.0136 e. The predicted molar refractivity (Wildman–Crippen MR) is 104 cm³/mol. The molecule has 0 aromatic rings. The van der Waals surface area contributed by atoms with Gasteiger partial charge in [-0.2, -0.15) is 0 Å². The van der Waals surface area contributed by atoms with Crippen LogP contribution in [0.2, 0.25) is 0 Å². The van der Waals surface area contributed by atoms with E-state index in [2.05, 4.69) is 32.6 Å². The van der Waals surface area contributed by atoms with Crippen LogP contribution in [0.5, 0.6) is 0 Å². The van der Waals surface area contributed by atoms with Crippen LogP contribution in [0.1, 0.15) is 97.3 Å². The Hall–Kier alpha value is -0.780. The van der Waals surface area contributed by atoms with Gasteiger partial charge in [0.1, 0.15) is 0 Å². The van der Waals surface area contributed by atoms with Gasteiger partial charge in [0.15, 0.2) is 0 Å². The molecule has 0 aromatic carbocycles. The van der Waals surface area contributed by atoms with E-state index in [1.807, 2.05) is 0 Å². The van der Waals surface area contributed by atoms with Crippen LogP contribution in [-0.4, -0.2) is 0 Å². The van der Waals surface area contributed by atoms with Gasteiger partial charge in [0.2, 0.25) is 0 Å². The summed E-state index contributed by atoms with van der Waals surface area (Å²) in [5, 5.41) is 0. The molecule has 23 heavy (non-hydrogen) atoms. The van der Waals surface area contributed by atoms with E-state index in [9.17, 15) is 0 Å². The Balaban J connectivity index is 1.59. The van der Waals surface area contributed by atoms with Crippen LogP contribution in [0.15, 0.2) is 35.5 Å². The first-order valence-corrected chi connectivity index (χ1v) is 10.2. The number of rotatable bonds is 7. The van der Waals surface area contributed by atoms with Gasteiger partial charge in [-0.15, -0.1) is 0 Å². The molecule has 130 valence electrons. The van der Waals surface area contributed by atoms with Crippen LogP contribution in [-0.2, 0) is 0 Å². The van der Waals surface area contributed by atoms with E-state index in [0.717, 1.165) is 11.8 Å². The molecule has 0 nitrogen and oxygen atoms in total. The Bertz CT molecular complexity index is 413. The van der Waals surface area contributed by atoms with Crippen LogP contribution in [0.4, 0.5) is 0 Å². The molecule has 0 amide bonds. The maximum absolute atomic E-state index is 4.29. The first-order chi connectivity index (χ1) is 11.2. The van der Waals surface area contributed by atoms with Crippen LogP contribution in [0.3, 0.4) is 0 Å². The molecule has 1 saturated carbocycles. The fourth-order valence-corrected chi connectivity index (χ4v) is 4.35. The summed E-state index contributed by atoms with van der Waals surface area (Å²) in [6, 6.07) is 0. The normalized spacial score (nSPS) is 26.0. The van der Waals surface area contributed by atoms with E-state index in [4.69, 9.17) is 0 Å². The van der Waals surface area contributed by atoms with Crippen molar-refractivity contribution in [3.05, 3.63) is 35.5 Å². The molecule has 0 N–H and O–H groups in total. The lowest BCUT2D eigenvalue weighted by molar-refractivity contribution is 0.317. The number of allylic oxidation sites excluding steroid dienone is 5. The molecule has 2 aliphatic carbocycles. The summed E-state index contributed by atoms with van der Waals surface area (Å²) in [5.74, 6) is 1.84. The molecule has 0 aromatic heterocycles.